The highest BCUT2D eigenvalue weighted by Gasteiger charge is 2.35. The molecule has 40 heavy (non-hydrogen) atoms. The Kier molecular flexibility index (Phi) is 8.94. The maximum absolute atomic E-state index is 13.5. The summed E-state index contributed by atoms with van der Waals surface area (Å²) in [5.74, 6) is 0.00181. The van der Waals surface area contributed by atoms with Crippen LogP contribution in [0.15, 0.2) is 71.7 Å². The third-order valence-corrected chi connectivity index (χ3v) is 8.17. The third kappa shape index (κ3) is 6.70. The topological polar surface area (TPSA) is 82.9 Å². The van der Waals surface area contributed by atoms with Gasteiger partial charge in [-0.25, -0.2) is 0 Å². The van der Waals surface area contributed by atoms with Gasteiger partial charge < -0.3 is 19.5 Å². The molecule has 0 aliphatic carbocycles. The Bertz CT molecular complexity index is 1390. The van der Waals surface area contributed by atoms with E-state index in [1.54, 1.807) is 18.1 Å². The molecule has 212 valence electrons. The number of aryl methyl sites for hydroxylation is 1. The lowest BCUT2D eigenvalue weighted by Crippen LogP contribution is -2.49. The van der Waals surface area contributed by atoms with Gasteiger partial charge in [0.2, 0.25) is 5.91 Å². The first-order chi connectivity index (χ1) is 19.0. The average molecular weight is 544 g/mol. The number of carbonyl (C=O) groups excluding carboxylic acids is 2. The van der Waals surface area contributed by atoms with Crippen LogP contribution in [-0.2, 0) is 11.3 Å². The lowest BCUT2D eigenvalue weighted by Gasteiger charge is -2.39. The van der Waals surface area contributed by atoms with Crippen LogP contribution < -0.4 is 5.56 Å². The summed E-state index contributed by atoms with van der Waals surface area (Å²) in [5, 5.41) is 11.5. The first-order valence-corrected chi connectivity index (χ1v) is 14.1. The first kappa shape index (κ1) is 29.3. The van der Waals surface area contributed by atoms with Crippen molar-refractivity contribution in [2.24, 2.45) is 0 Å². The number of carbonyl (C=O) groups is 2. The quantitative estimate of drug-likeness (QED) is 0.440. The van der Waals surface area contributed by atoms with Gasteiger partial charge in [-0.1, -0.05) is 67.1 Å². The predicted molar refractivity (Wildman–Crippen MR) is 158 cm³/mol. The maximum atomic E-state index is 13.5. The van der Waals surface area contributed by atoms with Crippen molar-refractivity contribution in [2.75, 3.05) is 20.1 Å². The van der Waals surface area contributed by atoms with E-state index in [2.05, 4.69) is 6.92 Å². The van der Waals surface area contributed by atoms with E-state index in [1.165, 1.54) is 10.6 Å². The maximum Gasteiger partial charge on any atom is 0.255 e. The fraction of sp³-hybridized carbons (Fsp3) is 0.424. The van der Waals surface area contributed by atoms with E-state index >= 15 is 0 Å². The van der Waals surface area contributed by atoms with Crippen LogP contribution in [0.3, 0.4) is 0 Å². The SMILES string of the molecule is Cc1ccc(-c2cc(=O)n(CC3(O)CCN(C(=O)C[C@@H](C)c4ccccc4)CC3)cc2C(=O)N(C)C(C)C)cc1. The number of aliphatic hydroxyl groups is 1. The smallest absolute Gasteiger partial charge is 0.255 e. The van der Waals surface area contributed by atoms with E-state index in [-0.39, 0.29) is 35.9 Å². The van der Waals surface area contributed by atoms with E-state index in [0.717, 1.165) is 16.7 Å². The van der Waals surface area contributed by atoms with Crippen LogP contribution in [0.1, 0.15) is 67.4 Å². The van der Waals surface area contributed by atoms with Crippen molar-refractivity contribution in [1.29, 1.82) is 0 Å². The largest absolute Gasteiger partial charge is 0.388 e. The molecule has 1 N–H and O–H groups in total. The van der Waals surface area contributed by atoms with Crippen LogP contribution in [0.25, 0.3) is 11.1 Å². The van der Waals surface area contributed by atoms with Crippen LogP contribution in [-0.4, -0.2) is 63.1 Å². The van der Waals surface area contributed by atoms with E-state index in [9.17, 15) is 19.5 Å². The van der Waals surface area contributed by atoms with Crippen molar-refractivity contribution in [1.82, 2.24) is 14.4 Å². The van der Waals surface area contributed by atoms with Crippen molar-refractivity contribution in [3.63, 3.8) is 0 Å². The van der Waals surface area contributed by atoms with Gasteiger partial charge in [0.25, 0.3) is 11.5 Å². The Balaban J connectivity index is 1.52. The zero-order valence-corrected chi connectivity index (χ0v) is 24.3. The molecule has 1 fully saturated rings. The number of benzene rings is 2. The number of piperidine rings is 1. The molecule has 7 nitrogen and oxygen atoms in total. The Labute approximate surface area is 237 Å². The first-order valence-electron chi connectivity index (χ1n) is 14.1. The van der Waals surface area contributed by atoms with Gasteiger partial charge in [-0.2, -0.15) is 0 Å². The van der Waals surface area contributed by atoms with Crippen molar-refractivity contribution in [3.8, 4) is 11.1 Å². The number of aromatic nitrogens is 1. The van der Waals surface area contributed by atoms with E-state index in [1.807, 2.05) is 80.3 Å². The fourth-order valence-electron chi connectivity index (χ4n) is 5.20. The molecule has 2 aromatic carbocycles. The molecule has 1 saturated heterocycles. The highest BCUT2D eigenvalue weighted by atomic mass is 16.3. The number of hydrogen-bond acceptors (Lipinski definition) is 4. The van der Waals surface area contributed by atoms with Gasteiger partial charge in [-0.15, -0.1) is 0 Å². The summed E-state index contributed by atoms with van der Waals surface area (Å²) >= 11 is 0. The molecule has 0 saturated carbocycles. The molecule has 0 spiro atoms. The molecule has 0 radical (unpaired) electrons. The van der Waals surface area contributed by atoms with Crippen molar-refractivity contribution in [3.05, 3.63) is 93.9 Å². The number of hydrogen-bond donors (Lipinski definition) is 1. The van der Waals surface area contributed by atoms with Gasteiger partial charge >= 0.3 is 0 Å². The highest BCUT2D eigenvalue weighted by molar-refractivity contribution is 6.00. The minimum absolute atomic E-state index is 0.0191. The zero-order chi connectivity index (χ0) is 29.0. The Morgan fingerprint density at radius 2 is 1.62 bits per heavy atom. The minimum atomic E-state index is -1.15. The second-order valence-corrected chi connectivity index (χ2v) is 11.6. The number of rotatable bonds is 8. The van der Waals surface area contributed by atoms with Crippen molar-refractivity contribution < 1.29 is 14.7 Å². The van der Waals surface area contributed by atoms with Crippen LogP contribution in [0, 0.1) is 6.92 Å². The molecule has 2 amide bonds. The van der Waals surface area contributed by atoms with Gasteiger partial charge in [0.15, 0.2) is 0 Å². The van der Waals surface area contributed by atoms with E-state index < -0.39 is 5.60 Å². The Morgan fingerprint density at radius 3 is 2.23 bits per heavy atom. The van der Waals surface area contributed by atoms with Gasteiger partial charge in [-0.3, -0.25) is 14.4 Å². The van der Waals surface area contributed by atoms with Crippen LogP contribution >= 0.6 is 0 Å². The monoisotopic (exact) mass is 543 g/mol. The lowest BCUT2D eigenvalue weighted by molar-refractivity contribution is -0.136. The van der Waals surface area contributed by atoms with E-state index in [4.69, 9.17) is 0 Å². The average Bonchev–Trinajstić information content (AvgIpc) is 2.94. The van der Waals surface area contributed by atoms with Crippen LogP contribution in [0.5, 0.6) is 0 Å². The molecule has 4 rings (SSSR count). The van der Waals surface area contributed by atoms with Crippen LogP contribution in [0.4, 0.5) is 0 Å². The molecule has 0 unspecified atom stereocenters. The van der Waals surface area contributed by atoms with Crippen molar-refractivity contribution >= 4 is 11.8 Å². The molecule has 1 aliphatic heterocycles. The minimum Gasteiger partial charge on any atom is -0.388 e. The molecular formula is C33H41N3O4. The molecule has 1 aromatic heterocycles. The van der Waals surface area contributed by atoms with Gasteiger partial charge in [0.1, 0.15) is 0 Å². The second-order valence-electron chi connectivity index (χ2n) is 11.6. The highest BCUT2D eigenvalue weighted by Crippen LogP contribution is 2.28. The second kappa shape index (κ2) is 12.2. The number of amides is 2. The summed E-state index contributed by atoms with van der Waals surface area (Å²) in [6, 6.07) is 19.2. The molecule has 7 heteroatoms. The van der Waals surface area contributed by atoms with Crippen molar-refractivity contribution in [2.45, 2.75) is 71.1 Å². The van der Waals surface area contributed by atoms with Gasteiger partial charge in [0, 0.05) is 50.4 Å². The Morgan fingerprint density at radius 1 is 1.00 bits per heavy atom. The Hall–Kier alpha value is -3.71. The predicted octanol–water partition coefficient (Wildman–Crippen LogP) is 4.85. The van der Waals surface area contributed by atoms with Gasteiger partial charge in [0.05, 0.1) is 17.7 Å². The number of likely N-dealkylation sites (tertiary alicyclic amines) is 1. The summed E-state index contributed by atoms with van der Waals surface area (Å²) in [4.78, 5) is 43.2. The molecule has 1 atom stereocenters. The molecule has 3 aromatic rings. The number of pyridine rings is 1. The molecule has 2 heterocycles. The van der Waals surface area contributed by atoms with Gasteiger partial charge in [-0.05, 0) is 50.7 Å². The molecule has 1 aliphatic rings. The molecular weight excluding hydrogens is 502 g/mol. The summed E-state index contributed by atoms with van der Waals surface area (Å²) in [6.07, 6.45) is 2.73. The molecule has 0 bridgehead atoms. The summed E-state index contributed by atoms with van der Waals surface area (Å²) < 4.78 is 1.45. The van der Waals surface area contributed by atoms with Crippen LogP contribution in [0.2, 0.25) is 0 Å². The number of nitrogens with zero attached hydrogens (tertiary/aromatic N) is 3. The lowest BCUT2D eigenvalue weighted by atomic mass is 9.90. The van der Waals surface area contributed by atoms with E-state index in [0.29, 0.717) is 43.5 Å². The fourth-order valence-corrected chi connectivity index (χ4v) is 5.20. The third-order valence-electron chi connectivity index (χ3n) is 8.17. The summed E-state index contributed by atoms with van der Waals surface area (Å²) in [6.45, 7) is 8.84. The summed E-state index contributed by atoms with van der Waals surface area (Å²) in [7, 11) is 1.75. The normalized spacial score (nSPS) is 15.6. The standard InChI is InChI=1S/C33H41N3O4/c1-23(2)34(5)32(39)29-21-36(31(38)20-28(29)27-13-11-24(3)12-14-27)22-33(40)15-17-35(18-16-33)30(37)19-25(4)26-9-7-6-8-10-26/h6-14,20-21,23,25,40H,15-19,22H2,1-5H3/t25-/m1/s1. The summed E-state index contributed by atoms with van der Waals surface area (Å²) in [5.41, 5.74) is 2.59. The zero-order valence-electron chi connectivity index (χ0n) is 24.3.